The molecule has 1 aromatic carbocycles. The lowest BCUT2D eigenvalue weighted by atomic mass is 10.1. The van der Waals surface area contributed by atoms with Crippen molar-refractivity contribution in [2.45, 2.75) is 13.8 Å². The van der Waals surface area contributed by atoms with E-state index < -0.39 is 10.9 Å². The molecule has 1 rings (SSSR count). The van der Waals surface area contributed by atoms with E-state index in [2.05, 4.69) is 5.32 Å². The number of carboxylic acids is 1. The van der Waals surface area contributed by atoms with Gasteiger partial charge in [0, 0.05) is 24.4 Å². The molecule has 0 aromatic heterocycles. The maximum absolute atomic E-state index is 11.0. The van der Waals surface area contributed by atoms with E-state index in [-0.39, 0.29) is 11.3 Å². The molecule has 6 nitrogen and oxygen atoms in total. The number of nitrogens with zero attached hydrogens (tertiary/aromatic N) is 1. The number of rotatable bonds is 5. The average molecular weight is 250 g/mol. The van der Waals surface area contributed by atoms with E-state index in [1.165, 1.54) is 12.1 Å². The molecule has 0 fully saturated rings. The first-order chi connectivity index (χ1) is 8.41. The molecular formula is C12H14N2O4. The molecule has 0 heterocycles. The lowest BCUT2D eigenvalue weighted by molar-refractivity contribution is -0.384. The van der Waals surface area contributed by atoms with Gasteiger partial charge in [-0.2, -0.15) is 0 Å². The van der Waals surface area contributed by atoms with Crippen molar-refractivity contribution < 1.29 is 14.8 Å². The Hall–Kier alpha value is -2.37. The van der Waals surface area contributed by atoms with Crippen LogP contribution in [0.25, 0.3) is 0 Å². The van der Waals surface area contributed by atoms with Crippen LogP contribution in [0, 0.1) is 10.1 Å². The zero-order valence-electron chi connectivity index (χ0n) is 10.1. The van der Waals surface area contributed by atoms with Crippen LogP contribution in [-0.4, -0.2) is 22.5 Å². The summed E-state index contributed by atoms with van der Waals surface area (Å²) in [6.45, 7) is 4.33. The van der Waals surface area contributed by atoms with Gasteiger partial charge in [-0.05, 0) is 19.9 Å². The number of nitrogens with one attached hydrogen (secondary N) is 1. The summed E-state index contributed by atoms with van der Waals surface area (Å²) in [5.41, 5.74) is 1.12. The second kappa shape index (κ2) is 5.81. The third-order valence-corrected chi connectivity index (χ3v) is 2.25. The number of hydrogen-bond acceptors (Lipinski definition) is 4. The predicted octanol–water partition coefficient (Wildman–Crippen LogP) is 2.67. The molecule has 18 heavy (non-hydrogen) atoms. The highest BCUT2D eigenvalue weighted by molar-refractivity contribution is 5.95. The van der Waals surface area contributed by atoms with Crippen molar-refractivity contribution in [1.29, 1.82) is 0 Å². The Bertz CT molecular complexity index is 505. The van der Waals surface area contributed by atoms with Crippen LogP contribution in [0.4, 0.5) is 11.4 Å². The van der Waals surface area contributed by atoms with Gasteiger partial charge in [0.15, 0.2) is 0 Å². The van der Waals surface area contributed by atoms with E-state index in [0.29, 0.717) is 12.2 Å². The first-order valence-electron chi connectivity index (χ1n) is 5.30. The molecule has 0 bridgehead atoms. The van der Waals surface area contributed by atoms with Crippen LogP contribution in [0.15, 0.2) is 29.8 Å². The number of non-ortho nitro benzene ring substituents is 1. The summed E-state index contributed by atoms with van der Waals surface area (Å²) in [6.07, 6.45) is 1.90. The Labute approximate surface area is 104 Å². The summed E-state index contributed by atoms with van der Waals surface area (Å²) in [5, 5.41) is 22.5. The van der Waals surface area contributed by atoms with Crippen molar-refractivity contribution in [2.75, 3.05) is 11.9 Å². The van der Waals surface area contributed by atoms with Gasteiger partial charge in [0.1, 0.15) is 0 Å². The van der Waals surface area contributed by atoms with Crippen molar-refractivity contribution in [1.82, 2.24) is 0 Å². The molecule has 0 aliphatic carbocycles. The Kier molecular flexibility index (Phi) is 4.42. The number of carboxylic acid groups (broad SMARTS) is 1. The van der Waals surface area contributed by atoms with Gasteiger partial charge in [-0.3, -0.25) is 10.1 Å². The molecule has 0 atom stereocenters. The molecule has 0 saturated heterocycles. The van der Waals surface area contributed by atoms with E-state index >= 15 is 0 Å². The number of carbonyl (C=O) groups is 1. The summed E-state index contributed by atoms with van der Waals surface area (Å²) in [7, 11) is 0. The molecule has 0 aliphatic rings. The fourth-order valence-electron chi connectivity index (χ4n) is 1.34. The summed E-state index contributed by atoms with van der Waals surface area (Å²) in [5.74, 6) is -1.20. The minimum absolute atomic E-state index is 0.105. The quantitative estimate of drug-likeness (QED) is 0.476. The number of nitro groups is 1. The SMILES string of the molecule is CC(C)=CCNc1ccc([N+](=O)[O-])cc1C(=O)O. The van der Waals surface area contributed by atoms with Gasteiger partial charge in [0.05, 0.1) is 10.5 Å². The van der Waals surface area contributed by atoms with Crippen molar-refractivity contribution in [3.63, 3.8) is 0 Å². The molecule has 96 valence electrons. The predicted molar refractivity (Wildman–Crippen MR) is 68.0 cm³/mol. The van der Waals surface area contributed by atoms with Crippen molar-refractivity contribution in [2.24, 2.45) is 0 Å². The molecule has 2 N–H and O–H groups in total. The van der Waals surface area contributed by atoms with Crippen LogP contribution in [0.3, 0.4) is 0 Å². The van der Waals surface area contributed by atoms with E-state index in [0.717, 1.165) is 11.6 Å². The Morgan fingerprint density at radius 1 is 1.50 bits per heavy atom. The maximum atomic E-state index is 11.0. The van der Waals surface area contributed by atoms with Crippen LogP contribution in [0.5, 0.6) is 0 Å². The van der Waals surface area contributed by atoms with Gasteiger partial charge >= 0.3 is 5.97 Å². The molecule has 0 radical (unpaired) electrons. The number of nitro benzene ring substituents is 1. The summed E-state index contributed by atoms with van der Waals surface area (Å²) in [6, 6.07) is 3.73. The smallest absolute Gasteiger partial charge is 0.338 e. The number of aromatic carboxylic acids is 1. The van der Waals surface area contributed by atoms with Crippen LogP contribution < -0.4 is 5.32 Å². The molecule has 6 heteroatoms. The van der Waals surface area contributed by atoms with Crippen LogP contribution in [0.1, 0.15) is 24.2 Å². The first kappa shape index (κ1) is 13.7. The second-order valence-electron chi connectivity index (χ2n) is 3.95. The van der Waals surface area contributed by atoms with Crippen molar-refractivity contribution >= 4 is 17.3 Å². The van der Waals surface area contributed by atoms with E-state index in [1.807, 2.05) is 19.9 Å². The van der Waals surface area contributed by atoms with Gasteiger partial charge in [-0.15, -0.1) is 0 Å². The topological polar surface area (TPSA) is 92.5 Å². The number of anilines is 1. The van der Waals surface area contributed by atoms with Gasteiger partial charge in [-0.1, -0.05) is 11.6 Å². The number of allylic oxidation sites excluding steroid dienone is 1. The summed E-state index contributed by atoms with van der Waals surface area (Å²) in [4.78, 5) is 21.0. The molecule has 0 unspecified atom stereocenters. The Morgan fingerprint density at radius 3 is 2.67 bits per heavy atom. The highest BCUT2D eigenvalue weighted by Gasteiger charge is 2.15. The van der Waals surface area contributed by atoms with Crippen molar-refractivity contribution in [3.05, 3.63) is 45.5 Å². The second-order valence-corrected chi connectivity index (χ2v) is 3.95. The third kappa shape index (κ3) is 3.58. The Balaban J connectivity index is 3.01. The standard InChI is InChI=1S/C12H14N2O4/c1-8(2)5-6-13-11-4-3-9(14(17)18)7-10(11)12(15)16/h3-5,7,13H,6H2,1-2H3,(H,15,16). The fraction of sp³-hybridized carbons (Fsp3) is 0.250. The molecule has 0 amide bonds. The number of benzene rings is 1. The lowest BCUT2D eigenvalue weighted by Gasteiger charge is -2.07. The van der Waals surface area contributed by atoms with Gasteiger partial charge in [0.2, 0.25) is 0 Å². The Morgan fingerprint density at radius 2 is 2.17 bits per heavy atom. The minimum atomic E-state index is -1.20. The van der Waals surface area contributed by atoms with Gasteiger partial charge < -0.3 is 10.4 Å². The van der Waals surface area contributed by atoms with Crippen LogP contribution >= 0.6 is 0 Å². The molecule has 1 aromatic rings. The van der Waals surface area contributed by atoms with Crippen molar-refractivity contribution in [3.8, 4) is 0 Å². The lowest BCUT2D eigenvalue weighted by Crippen LogP contribution is -2.07. The summed E-state index contributed by atoms with van der Waals surface area (Å²) >= 11 is 0. The highest BCUT2D eigenvalue weighted by Crippen LogP contribution is 2.22. The highest BCUT2D eigenvalue weighted by atomic mass is 16.6. The van der Waals surface area contributed by atoms with Crippen LogP contribution in [-0.2, 0) is 0 Å². The molecular weight excluding hydrogens is 236 g/mol. The largest absolute Gasteiger partial charge is 0.478 e. The summed E-state index contributed by atoms with van der Waals surface area (Å²) < 4.78 is 0. The zero-order chi connectivity index (χ0) is 13.7. The van der Waals surface area contributed by atoms with Gasteiger partial charge in [0.25, 0.3) is 5.69 Å². The average Bonchev–Trinajstić information content (AvgIpc) is 2.28. The zero-order valence-corrected chi connectivity index (χ0v) is 10.1. The maximum Gasteiger partial charge on any atom is 0.338 e. The molecule has 0 spiro atoms. The third-order valence-electron chi connectivity index (χ3n) is 2.25. The normalized spacial score (nSPS) is 9.67. The van der Waals surface area contributed by atoms with Gasteiger partial charge in [-0.25, -0.2) is 4.79 Å². The minimum Gasteiger partial charge on any atom is -0.478 e. The van der Waals surface area contributed by atoms with E-state index in [9.17, 15) is 14.9 Å². The number of hydrogen-bond donors (Lipinski definition) is 2. The van der Waals surface area contributed by atoms with Crippen LogP contribution in [0.2, 0.25) is 0 Å². The van der Waals surface area contributed by atoms with E-state index in [1.54, 1.807) is 0 Å². The van der Waals surface area contributed by atoms with E-state index in [4.69, 9.17) is 5.11 Å². The fourth-order valence-corrected chi connectivity index (χ4v) is 1.34. The monoisotopic (exact) mass is 250 g/mol. The molecule has 0 aliphatic heterocycles. The molecule has 0 saturated carbocycles. The first-order valence-corrected chi connectivity index (χ1v) is 5.30.